The van der Waals surface area contributed by atoms with Crippen LogP contribution in [0.15, 0.2) is 48.5 Å². The van der Waals surface area contributed by atoms with Crippen LogP contribution in [0.1, 0.15) is 43.4 Å². The Morgan fingerprint density at radius 1 is 1.13 bits per heavy atom. The zero-order valence-electron chi connectivity index (χ0n) is 18.9. The zero-order chi connectivity index (χ0) is 22.4. The molecule has 2 amide bonds. The minimum Gasteiger partial charge on any atom is -0.377 e. The molecule has 0 saturated heterocycles. The van der Waals surface area contributed by atoms with Crippen LogP contribution in [-0.4, -0.2) is 44.5 Å². The van der Waals surface area contributed by atoms with Gasteiger partial charge < -0.3 is 19.9 Å². The zero-order valence-corrected chi connectivity index (χ0v) is 18.9. The van der Waals surface area contributed by atoms with Crippen molar-refractivity contribution in [2.24, 2.45) is 5.92 Å². The van der Waals surface area contributed by atoms with E-state index < -0.39 is 0 Å². The molecule has 0 unspecified atom stereocenters. The molecule has 3 rings (SSSR count). The Kier molecular flexibility index (Phi) is 7.69. The molecule has 2 aromatic carbocycles. The van der Waals surface area contributed by atoms with Gasteiger partial charge in [0.25, 0.3) is 0 Å². The van der Waals surface area contributed by atoms with Gasteiger partial charge in [0, 0.05) is 45.0 Å². The van der Waals surface area contributed by atoms with Crippen LogP contribution in [0.2, 0.25) is 0 Å². The molecule has 1 atom stereocenters. The number of benzene rings is 2. The molecule has 0 aromatic heterocycles. The van der Waals surface area contributed by atoms with Crippen LogP contribution in [0.3, 0.4) is 0 Å². The summed E-state index contributed by atoms with van der Waals surface area (Å²) in [6.45, 7) is 2.46. The molecule has 6 nitrogen and oxygen atoms in total. The van der Waals surface area contributed by atoms with E-state index >= 15 is 0 Å². The molecule has 0 aliphatic heterocycles. The van der Waals surface area contributed by atoms with Gasteiger partial charge in [0.15, 0.2) is 0 Å². The third-order valence-corrected chi connectivity index (χ3v) is 5.98. The van der Waals surface area contributed by atoms with E-state index in [1.54, 1.807) is 0 Å². The number of nitrogens with zero attached hydrogens (tertiary/aromatic N) is 2. The highest BCUT2D eigenvalue weighted by Gasteiger charge is 2.26. The van der Waals surface area contributed by atoms with Gasteiger partial charge in [-0.15, -0.1) is 0 Å². The third-order valence-electron chi connectivity index (χ3n) is 5.98. The van der Waals surface area contributed by atoms with Gasteiger partial charge in [-0.25, -0.2) is 0 Å². The lowest BCUT2D eigenvalue weighted by atomic mass is 9.85. The summed E-state index contributed by atoms with van der Waals surface area (Å²) >= 11 is 0. The van der Waals surface area contributed by atoms with E-state index in [0.717, 1.165) is 41.8 Å². The molecule has 6 heteroatoms. The van der Waals surface area contributed by atoms with Crippen molar-refractivity contribution >= 4 is 23.2 Å². The largest absolute Gasteiger partial charge is 0.377 e. The molecule has 1 saturated carbocycles. The quantitative estimate of drug-likeness (QED) is 0.656. The molecule has 1 N–H and O–H groups in total. The van der Waals surface area contributed by atoms with Gasteiger partial charge in [0.2, 0.25) is 11.8 Å². The van der Waals surface area contributed by atoms with Crippen molar-refractivity contribution in [1.82, 2.24) is 4.90 Å². The number of methoxy groups -OCH3 is 1. The van der Waals surface area contributed by atoms with Gasteiger partial charge in [0.1, 0.15) is 6.61 Å². The van der Waals surface area contributed by atoms with E-state index in [-0.39, 0.29) is 30.4 Å². The lowest BCUT2D eigenvalue weighted by Crippen LogP contribution is -2.36. The van der Waals surface area contributed by atoms with Crippen molar-refractivity contribution in [2.45, 2.75) is 38.8 Å². The van der Waals surface area contributed by atoms with E-state index in [9.17, 15) is 9.59 Å². The van der Waals surface area contributed by atoms with E-state index in [0.29, 0.717) is 6.54 Å². The highest BCUT2D eigenvalue weighted by atomic mass is 16.5. The van der Waals surface area contributed by atoms with Crippen molar-refractivity contribution in [3.8, 4) is 0 Å². The lowest BCUT2D eigenvalue weighted by molar-refractivity contribution is -0.138. The molecule has 0 radical (unpaired) electrons. The standard InChI is InChI=1S/C25H33N3O3/c1-18(19-9-6-5-7-10-19)28(24(29)17-31-4)16-21-15-22(13-14-23(21)27(2)3)26-25(30)20-11-8-12-20/h5-7,9-10,13-15,18,20H,8,11-12,16-17H2,1-4H3,(H,26,30)/t18-/m1/s1. The van der Waals surface area contributed by atoms with Gasteiger partial charge >= 0.3 is 0 Å². The summed E-state index contributed by atoms with van der Waals surface area (Å²) in [5.41, 5.74) is 3.82. The first-order chi connectivity index (χ1) is 14.9. The van der Waals surface area contributed by atoms with E-state index in [4.69, 9.17) is 4.74 Å². The summed E-state index contributed by atoms with van der Waals surface area (Å²) in [5, 5.41) is 3.05. The predicted octanol–water partition coefficient (Wildman–Crippen LogP) is 4.23. The van der Waals surface area contributed by atoms with Crippen LogP contribution in [-0.2, 0) is 20.9 Å². The average Bonchev–Trinajstić information content (AvgIpc) is 2.71. The Morgan fingerprint density at radius 2 is 1.84 bits per heavy atom. The predicted molar refractivity (Wildman–Crippen MR) is 124 cm³/mol. The molecule has 2 aromatic rings. The minimum atomic E-state index is -0.118. The highest BCUT2D eigenvalue weighted by Crippen LogP contribution is 2.31. The van der Waals surface area contributed by atoms with Crippen molar-refractivity contribution in [2.75, 3.05) is 38.0 Å². The van der Waals surface area contributed by atoms with Gasteiger partial charge in [-0.3, -0.25) is 9.59 Å². The van der Waals surface area contributed by atoms with Crippen molar-refractivity contribution < 1.29 is 14.3 Å². The Hall–Kier alpha value is -2.86. The number of ether oxygens (including phenoxy) is 1. The first-order valence-electron chi connectivity index (χ1n) is 10.8. The maximum atomic E-state index is 13.0. The second-order valence-electron chi connectivity index (χ2n) is 8.40. The van der Waals surface area contributed by atoms with Crippen molar-refractivity contribution in [3.05, 3.63) is 59.7 Å². The summed E-state index contributed by atoms with van der Waals surface area (Å²) in [5.74, 6) is 0.127. The number of hydrogen-bond donors (Lipinski definition) is 1. The van der Waals surface area contributed by atoms with Gasteiger partial charge in [-0.05, 0) is 49.1 Å². The van der Waals surface area contributed by atoms with Crippen LogP contribution in [0.5, 0.6) is 0 Å². The number of carbonyl (C=O) groups excluding carboxylic acids is 2. The minimum absolute atomic E-state index is 0.0204. The van der Waals surface area contributed by atoms with Gasteiger partial charge in [-0.2, -0.15) is 0 Å². The smallest absolute Gasteiger partial charge is 0.249 e. The summed E-state index contributed by atoms with van der Waals surface area (Å²) in [4.78, 5) is 29.2. The molecule has 1 fully saturated rings. The Labute approximate surface area is 185 Å². The lowest BCUT2D eigenvalue weighted by Gasteiger charge is -2.31. The Morgan fingerprint density at radius 3 is 2.42 bits per heavy atom. The monoisotopic (exact) mass is 423 g/mol. The summed E-state index contributed by atoms with van der Waals surface area (Å²) in [7, 11) is 5.49. The molecule has 0 bridgehead atoms. The van der Waals surface area contributed by atoms with Gasteiger partial charge in [-0.1, -0.05) is 36.8 Å². The van der Waals surface area contributed by atoms with Crippen molar-refractivity contribution in [3.63, 3.8) is 0 Å². The number of carbonyl (C=O) groups is 2. The SMILES string of the molecule is COCC(=O)N(Cc1cc(NC(=O)C2CCC2)ccc1N(C)C)[C@H](C)c1ccccc1. The van der Waals surface area contributed by atoms with Crippen LogP contribution < -0.4 is 10.2 Å². The number of rotatable bonds is 9. The molecular formula is C25H33N3O3. The first-order valence-corrected chi connectivity index (χ1v) is 10.8. The first kappa shape index (κ1) is 22.8. The normalized spacial score (nSPS) is 14.5. The summed E-state index contributed by atoms with van der Waals surface area (Å²) < 4.78 is 5.15. The maximum absolute atomic E-state index is 13.0. The second kappa shape index (κ2) is 10.4. The number of anilines is 2. The summed E-state index contributed by atoms with van der Waals surface area (Å²) in [6, 6.07) is 15.8. The van der Waals surface area contributed by atoms with Crippen LogP contribution >= 0.6 is 0 Å². The van der Waals surface area contributed by atoms with E-state index in [1.807, 2.05) is 79.3 Å². The summed E-state index contributed by atoms with van der Waals surface area (Å²) in [6.07, 6.45) is 3.04. The fourth-order valence-electron chi connectivity index (χ4n) is 3.88. The number of nitrogens with one attached hydrogen (secondary N) is 1. The maximum Gasteiger partial charge on any atom is 0.249 e. The Balaban J connectivity index is 1.89. The van der Waals surface area contributed by atoms with E-state index in [2.05, 4.69) is 5.32 Å². The molecule has 1 aliphatic rings. The van der Waals surface area contributed by atoms with Crippen LogP contribution in [0.25, 0.3) is 0 Å². The molecule has 0 heterocycles. The molecule has 31 heavy (non-hydrogen) atoms. The van der Waals surface area contributed by atoms with Crippen molar-refractivity contribution in [1.29, 1.82) is 0 Å². The van der Waals surface area contributed by atoms with Crippen LogP contribution in [0.4, 0.5) is 11.4 Å². The highest BCUT2D eigenvalue weighted by molar-refractivity contribution is 5.93. The second-order valence-corrected chi connectivity index (χ2v) is 8.40. The molecule has 0 spiro atoms. The number of amides is 2. The average molecular weight is 424 g/mol. The van der Waals surface area contributed by atoms with E-state index in [1.165, 1.54) is 7.11 Å². The molecular weight excluding hydrogens is 390 g/mol. The fraction of sp³-hybridized carbons (Fsp3) is 0.440. The fourth-order valence-corrected chi connectivity index (χ4v) is 3.88. The molecule has 166 valence electrons. The molecule has 1 aliphatic carbocycles. The van der Waals surface area contributed by atoms with Crippen LogP contribution in [0, 0.1) is 5.92 Å². The topological polar surface area (TPSA) is 61.9 Å². The Bertz CT molecular complexity index is 894. The third kappa shape index (κ3) is 5.64. The van der Waals surface area contributed by atoms with Gasteiger partial charge in [0.05, 0.1) is 6.04 Å². The number of hydrogen-bond acceptors (Lipinski definition) is 4.